The van der Waals surface area contributed by atoms with Gasteiger partial charge in [-0.15, -0.1) is 0 Å². The van der Waals surface area contributed by atoms with Crippen LogP contribution in [0, 0.1) is 5.82 Å². The molecule has 0 spiro atoms. The van der Waals surface area contributed by atoms with E-state index in [0.29, 0.717) is 18.7 Å². The molecule has 116 valence electrons. The second kappa shape index (κ2) is 7.59. The summed E-state index contributed by atoms with van der Waals surface area (Å²) in [6.45, 7) is 3.01. The Kier molecular flexibility index (Phi) is 5.53. The molecule has 0 atom stereocenters. The molecule has 0 saturated heterocycles. The molecule has 0 heterocycles. The van der Waals surface area contributed by atoms with Gasteiger partial charge in [0, 0.05) is 13.1 Å². The summed E-state index contributed by atoms with van der Waals surface area (Å²) >= 11 is 0. The molecule has 3 nitrogen and oxygen atoms in total. The van der Waals surface area contributed by atoms with Crippen molar-refractivity contribution in [2.24, 2.45) is 0 Å². The van der Waals surface area contributed by atoms with Crippen LogP contribution in [-0.4, -0.2) is 24.5 Å². The molecular weight excluding hydrogens is 281 g/mol. The Hall–Kier alpha value is -2.36. The predicted octanol–water partition coefficient (Wildman–Crippen LogP) is 3.43. The highest BCUT2D eigenvalue weighted by Gasteiger charge is 2.14. The van der Waals surface area contributed by atoms with Gasteiger partial charge < -0.3 is 9.64 Å². The van der Waals surface area contributed by atoms with E-state index in [1.807, 2.05) is 31.2 Å². The van der Waals surface area contributed by atoms with Gasteiger partial charge in [-0.25, -0.2) is 4.39 Å². The van der Waals surface area contributed by atoms with Crippen LogP contribution in [0.4, 0.5) is 4.39 Å². The van der Waals surface area contributed by atoms with Crippen LogP contribution in [0.1, 0.15) is 18.1 Å². The summed E-state index contributed by atoms with van der Waals surface area (Å²) in [6.07, 6.45) is 0.0800. The lowest BCUT2D eigenvalue weighted by Crippen LogP contribution is -2.31. The minimum Gasteiger partial charge on any atom is -0.497 e. The fourth-order valence-corrected chi connectivity index (χ4v) is 2.24. The highest BCUT2D eigenvalue weighted by Crippen LogP contribution is 2.14. The van der Waals surface area contributed by atoms with Gasteiger partial charge in [0.15, 0.2) is 0 Å². The van der Waals surface area contributed by atoms with Crippen molar-refractivity contribution < 1.29 is 13.9 Å². The van der Waals surface area contributed by atoms with E-state index in [-0.39, 0.29) is 18.1 Å². The Morgan fingerprint density at radius 3 is 2.41 bits per heavy atom. The zero-order valence-electron chi connectivity index (χ0n) is 12.9. The largest absolute Gasteiger partial charge is 0.497 e. The van der Waals surface area contributed by atoms with E-state index in [2.05, 4.69) is 0 Å². The van der Waals surface area contributed by atoms with E-state index >= 15 is 0 Å². The normalized spacial score (nSPS) is 10.3. The number of hydrogen-bond acceptors (Lipinski definition) is 2. The van der Waals surface area contributed by atoms with Crippen molar-refractivity contribution in [2.45, 2.75) is 19.9 Å². The number of ether oxygens (including phenoxy) is 1. The second-order valence-corrected chi connectivity index (χ2v) is 5.02. The molecule has 2 aromatic carbocycles. The molecule has 1 amide bonds. The first kappa shape index (κ1) is 16.0. The molecular formula is C18H20FNO2. The van der Waals surface area contributed by atoms with Gasteiger partial charge in [-0.2, -0.15) is 0 Å². The lowest BCUT2D eigenvalue weighted by molar-refractivity contribution is -0.130. The maximum atomic E-state index is 13.6. The number of nitrogens with zero attached hydrogens (tertiary/aromatic N) is 1. The molecule has 2 rings (SSSR count). The number of methoxy groups -OCH3 is 1. The molecule has 0 aliphatic carbocycles. The summed E-state index contributed by atoms with van der Waals surface area (Å²) in [4.78, 5) is 14.1. The lowest BCUT2D eigenvalue weighted by atomic mass is 10.1. The van der Waals surface area contributed by atoms with E-state index in [1.165, 1.54) is 6.07 Å². The number of rotatable bonds is 6. The second-order valence-electron chi connectivity index (χ2n) is 5.02. The quantitative estimate of drug-likeness (QED) is 0.818. The summed E-state index contributed by atoms with van der Waals surface area (Å²) in [5.41, 5.74) is 1.45. The van der Waals surface area contributed by atoms with Crippen molar-refractivity contribution in [3.05, 3.63) is 65.5 Å². The number of carbonyl (C=O) groups is 1. The molecule has 0 bridgehead atoms. The topological polar surface area (TPSA) is 29.5 Å². The number of halogens is 1. The molecule has 0 aliphatic rings. The summed E-state index contributed by atoms with van der Waals surface area (Å²) in [5.74, 6) is 0.365. The van der Waals surface area contributed by atoms with E-state index in [9.17, 15) is 9.18 Å². The highest BCUT2D eigenvalue weighted by atomic mass is 19.1. The van der Waals surface area contributed by atoms with Crippen LogP contribution in [0.15, 0.2) is 48.5 Å². The predicted molar refractivity (Wildman–Crippen MR) is 84.2 cm³/mol. The fraction of sp³-hybridized carbons (Fsp3) is 0.278. The van der Waals surface area contributed by atoms with E-state index in [4.69, 9.17) is 4.74 Å². The smallest absolute Gasteiger partial charge is 0.227 e. The van der Waals surface area contributed by atoms with Gasteiger partial charge in [-0.1, -0.05) is 30.3 Å². The Labute approximate surface area is 130 Å². The van der Waals surface area contributed by atoms with Crippen molar-refractivity contribution in [3.63, 3.8) is 0 Å². The molecule has 0 fully saturated rings. The zero-order chi connectivity index (χ0) is 15.9. The summed E-state index contributed by atoms with van der Waals surface area (Å²) in [6, 6.07) is 14.0. The molecule has 0 radical (unpaired) electrons. The van der Waals surface area contributed by atoms with Crippen molar-refractivity contribution in [3.8, 4) is 5.75 Å². The third kappa shape index (κ3) is 4.07. The first-order valence-corrected chi connectivity index (χ1v) is 7.28. The monoisotopic (exact) mass is 301 g/mol. The Morgan fingerprint density at radius 2 is 1.82 bits per heavy atom. The maximum absolute atomic E-state index is 13.6. The zero-order valence-corrected chi connectivity index (χ0v) is 12.9. The van der Waals surface area contributed by atoms with Gasteiger partial charge in [0.25, 0.3) is 0 Å². The van der Waals surface area contributed by atoms with Crippen molar-refractivity contribution >= 4 is 5.91 Å². The third-order valence-corrected chi connectivity index (χ3v) is 3.57. The van der Waals surface area contributed by atoms with Crippen LogP contribution in [0.25, 0.3) is 0 Å². The number of carbonyl (C=O) groups excluding carboxylic acids is 1. The SMILES string of the molecule is CCN(Cc1ccc(OC)cc1)C(=O)Cc1ccccc1F. The molecule has 0 N–H and O–H groups in total. The van der Waals surface area contributed by atoms with Gasteiger partial charge in [-0.05, 0) is 36.2 Å². The Morgan fingerprint density at radius 1 is 1.14 bits per heavy atom. The summed E-state index contributed by atoms with van der Waals surface area (Å²) < 4.78 is 18.8. The van der Waals surface area contributed by atoms with Gasteiger partial charge in [0.2, 0.25) is 5.91 Å². The van der Waals surface area contributed by atoms with Crippen molar-refractivity contribution in [2.75, 3.05) is 13.7 Å². The van der Waals surface area contributed by atoms with Crippen molar-refractivity contribution in [1.29, 1.82) is 0 Å². The molecule has 0 unspecified atom stereocenters. The Balaban J connectivity index is 2.03. The minimum absolute atomic E-state index is 0.0800. The van der Waals surface area contributed by atoms with Crippen LogP contribution in [0.3, 0.4) is 0 Å². The molecule has 22 heavy (non-hydrogen) atoms. The summed E-state index contributed by atoms with van der Waals surface area (Å²) in [7, 11) is 1.62. The Bertz CT molecular complexity index is 625. The van der Waals surface area contributed by atoms with Gasteiger partial charge in [0.05, 0.1) is 13.5 Å². The van der Waals surface area contributed by atoms with Crippen LogP contribution in [-0.2, 0) is 17.8 Å². The highest BCUT2D eigenvalue weighted by molar-refractivity contribution is 5.78. The first-order chi connectivity index (χ1) is 10.6. The molecule has 2 aromatic rings. The van der Waals surface area contributed by atoms with E-state index in [1.54, 1.807) is 30.2 Å². The first-order valence-electron chi connectivity index (χ1n) is 7.28. The van der Waals surface area contributed by atoms with Crippen LogP contribution in [0.5, 0.6) is 5.75 Å². The fourth-order valence-electron chi connectivity index (χ4n) is 2.24. The average molecular weight is 301 g/mol. The lowest BCUT2D eigenvalue weighted by Gasteiger charge is -2.21. The van der Waals surface area contributed by atoms with Crippen LogP contribution >= 0.6 is 0 Å². The van der Waals surface area contributed by atoms with Gasteiger partial charge in [-0.3, -0.25) is 4.79 Å². The summed E-state index contributed by atoms with van der Waals surface area (Å²) in [5, 5.41) is 0. The molecule has 4 heteroatoms. The number of likely N-dealkylation sites (N-methyl/N-ethyl adjacent to an activating group) is 1. The van der Waals surface area contributed by atoms with E-state index < -0.39 is 0 Å². The molecule has 0 saturated carbocycles. The van der Waals surface area contributed by atoms with Gasteiger partial charge in [0.1, 0.15) is 11.6 Å². The average Bonchev–Trinajstić information content (AvgIpc) is 2.55. The van der Waals surface area contributed by atoms with Crippen LogP contribution < -0.4 is 4.74 Å². The standard InChI is InChI=1S/C18H20FNO2/c1-3-20(13-14-8-10-16(22-2)11-9-14)18(21)12-15-6-4-5-7-17(15)19/h4-11H,3,12-13H2,1-2H3. The minimum atomic E-state index is -0.337. The van der Waals surface area contributed by atoms with E-state index in [0.717, 1.165) is 11.3 Å². The van der Waals surface area contributed by atoms with Crippen molar-refractivity contribution in [1.82, 2.24) is 4.90 Å². The molecule has 0 aromatic heterocycles. The number of amides is 1. The van der Waals surface area contributed by atoms with Crippen LogP contribution in [0.2, 0.25) is 0 Å². The van der Waals surface area contributed by atoms with Gasteiger partial charge >= 0.3 is 0 Å². The third-order valence-electron chi connectivity index (χ3n) is 3.57. The number of hydrogen-bond donors (Lipinski definition) is 0. The number of benzene rings is 2. The molecule has 0 aliphatic heterocycles. The maximum Gasteiger partial charge on any atom is 0.227 e.